The number of carbonyl (C=O) groups excluding carboxylic acids is 1. The van der Waals surface area contributed by atoms with E-state index in [1.807, 2.05) is 30.3 Å². The van der Waals surface area contributed by atoms with Gasteiger partial charge in [0.15, 0.2) is 0 Å². The van der Waals surface area contributed by atoms with Crippen LogP contribution in [0.5, 0.6) is 0 Å². The van der Waals surface area contributed by atoms with Gasteiger partial charge in [-0.25, -0.2) is 4.98 Å². The van der Waals surface area contributed by atoms with Crippen LogP contribution >= 0.6 is 23.1 Å². The number of aromatic nitrogens is 1. The van der Waals surface area contributed by atoms with Crippen molar-refractivity contribution >= 4 is 29.0 Å². The molecule has 1 atom stereocenters. The van der Waals surface area contributed by atoms with Crippen LogP contribution in [0, 0.1) is 0 Å². The Bertz CT molecular complexity index is 622. The molecule has 1 fully saturated rings. The molecule has 21 heavy (non-hydrogen) atoms. The first-order valence-corrected chi connectivity index (χ1v) is 8.79. The van der Waals surface area contributed by atoms with E-state index in [1.54, 1.807) is 17.1 Å². The highest BCUT2D eigenvalue weighted by Crippen LogP contribution is 2.27. The van der Waals surface area contributed by atoms with Gasteiger partial charge in [-0.1, -0.05) is 30.3 Å². The van der Waals surface area contributed by atoms with Gasteiger partial charge < -0.3 is 10.4 Å². The minimum Gasteiger partial charge on any atom is -0.387 e. The fraction of sp³-hybridized carbons (Fsp3) is 0.333. The Morgan fingerprint density at radius 1 is 1.38 bits per heavy atom. The molecule has 1 amide bonds. The number of amides is 1. The number of hydrogen-bond donors (Lipinski definition) is 2. The molecule has 4 nitrogen and oxygen atoms in total. The van der Waals surface area contributed by atoms with Crippen molar-refractivity contribution in [1.82, 2.24) is 10.3 Å². The number of aliphatic hydroxyl groups is 1. The zero-order valence-corrected chi connectivity index (χ0v) is 13.0. The second-order valence-corrected chi connectivity index (χ2v) is 7.08. The van der Waals surface area contributed by atoms with Crippen LogP contribution in [0.1, 0.15) is 16.9 Å². The summed E-state index contributed by atoms with van der Waals surface area (Å²) in [7, 11) is 0. The topological polar surface area (TPSA) is 62.2 Å². The van der Waals surface area contributed by atoms with Gasteiger partial charge >= 0.3 is 0 Å². The van der Waals surface area contributed by atoms with Crippen molar-refractivity contribution in [2.24, 2.45) is 0 Å². The molecule has 2 aromatic rings. The van der Waals surface area contributed by atoms with Crippen molar-refractivity contribution in [2.45, 2.75) is 12.0 Å². The van der Waals surface area contributed by atoms with Crippen molar-refractivity contribution < 1.29 is 9.90 Å². The average molecular weight is 320 g/mol. The first kappa shape index (κ1) is 14.6. The third-order valence-corrected chi connectivity index (χ3v) is 5.54. The van der Waals surface area contributed by atoms with E-state index in [-0.39, 0.29) is 12.5 Å². The lowest BCUT2D eigenvalue weighted by Gasteiger charge is -2.21. The molecule has 0 saturated carbocycles. The zero-order chi connectivity index (χ0) is 14.7. The monoisotopic (exact) mass is 320 g/mol. The number of thiazole rings is 1. The molecule has 0 unspecified atom stereocenters. The largest absolute Gasteiger partial charge is 0.387 e. The molecule has 2 N–H and O–H groups in total. The van der Waals surface area contributed by atoms with Crippen molar-refractivity contribution in [3.63, 3.8) is 0 Å². The van der Waals surface area contributed by atoms with Crippen LogP contribution in [0.2, 0.25) is 0 Å². The summed E-state index contributed by atoms with van der Waals surface area (Å²) in [6.07, 6.45) is 0.726. The Morgan fingerprint density at radius 3 is 2.90 bits per heavy atom. The highest BCUT2D eigenvalue weighted by molar-refractivity contribution is 7.99. The molecule has 110 valence electrons. The summed E-state index contributed by atoms with van der Waals surface area (Å²) in [5.41, 5.74) is 0.652. The van der Waals surface area contributed by atoms with E-state index in [0.29, 0.717) is 11.4 Å². The van der Waals surface area contributed by atoms with E-state index in [0.717, 1.165) is 22.7 Å². The smallest absolute Gasteiger partial charge is 0.270 e. The summed E-state index contributed by atoms with van der Waals surface area (Å²) in [5, 5.41) is 15.6. The molecular formula is C15H16N2O2S2. The zero-order valence-electron chi connectivity index (χ0n) is 11.4. The van der Waals surface area contributed by atoms with E-state index >= 15 is 0 Å². The van der Waals surface area contributed by atoms with Gasteiger partial charge in [-0.2, -0.15) is 11.8 Å². The Kier molecular flexibility index (Phi) is 4.28. The second kappa shape index (κ2) is 6.17. The maximum atomic E-state index is 12.1. The fourth-order valence-electron chi connectivity index (χ4n) is 2.16. The molecule has 0 bridgehead atoms. The van der Waals surface area contributed by atoms with Crippen LogP contribution < -0.4 is 5.32 Å². The lowest BCUT2D eigenvalue weighted by atomic mass is 10.0. The molecule has 1 aliphatic rings. The highest BCUT2D eigenvalue weighted by Gasteiger charge is 2.32. The molecular weight excluding hydrogens is 304 g/mol. The van der Waals surface area contributed by atoms with Crippen molar-refractivity contribution in [3.8, 4) is 10.6 Å². The molecule has 1 aromatic carbocycles. The summed E-state index contributed by atoms with van der Waals surface area (Å²) < 4.78 is 0. The van der Waals surface area contributed by atoms with Gasteiger partial charge in [0.2, 0.25) is 0 Å². The third-order valence-electron chi connectivity index (χ3n) is 3.42. The van der Waals surface area contributed by atoms with Gasteiger partial charge in [-0.05, 0) is 12.2 Å². The first-order valence-electron chi connectivity index (χ1n) is 6.76. The van der Waals surface area contributed by atoms with E-state index < -0.39 is 5.60 Å². The summed E-state index contributed by atoms with van der Waals surface area (Å²) in [4.78, 5) is 16.5. The van der Waals surface area contributed by atoms with Crippen molar-refractivity contribution in [3.05, 3.63) is 41.4 Å². The number of benzene rings is 1. The van der Waals surface area contributed by atoms with Crippen LogP contribution in [-0.2, 0) is 0 Å². The number of nitrogens with zero attached hydrogens (tertiary/aromatic N) is 1. The summed E-state index contributed by atoms with van der Waals surface area (Å²) in [6.45, 7) is 0.289. The van der Waals surface area contributed by atoms with Crippen LogP contribution in [0.3, 0.4) is 0 Å². The van der Waals surface area contributed by atoms with Gasteiger partial charge in [0.05, 0.1) is 5.60 Å². The van der Waals surface area contributed by atoms with Crippen molar-refractivity contribution in [2.75, 3.05) is 18.1 Å². The minimum absolute atomic E-state index is 0.223. The lowest BCUT2D eigenvalue weighted by Crippen LogP contribution is -2.43. The minimum atomic E-state index is -0.765. The average Bonchev–Trinajstić information content (AvgIpc) is 3.16. The quantitative estimate of drug-likeness (QED) is 0.908. The van der Waals surface area contributed by atoms with E-state index in [4.69, 9.17) is 0 Å². The molecule has 3 rings (SSSR count). The Balaban J connectivity index is 1.64. The van der Waals surface area contributed by atoms with Gasteiger partial charge in [-0.3, -0.25) is 4.79 Å². The Morgan fingerprint density at radius 2 is 2.19 bits per heavy atom. The first-order chi connectivity index (χ1) is 10.2. The summed E-state index contributed by atoms with van der Waals surface area (Å²) in [5.74, 6) is 1.40. The Labute approximate surface area is 131 Å². The van der Waals surface area contributed by atoms with Gasteiger partial charge in [0, 0.05) is 23.2 Å². The van der Waals surface area contributed by atoms with Gasteiger partial charge in [0.25, 0.3) is 5.91 Å². The number of hydrogen-bond acceptors (Lipinski definition) is 5. The van der Waals surface area contributed by atoms with Crippen LogP contribution in [-0.4, -0.2) is 39.6 Å². The third kappa shape index (κ3) is 3.45. The molecule has 6 heteroatoms. The second-order valence-electron chi connectivity index (χ2n) is 5.11. The summed E-state index contributed by atoms with van der Waals surface area (Å²) >= 11 is 3.16. The number of carbonyl (C=O) groups is 1. The molecule has 0 aliphatic carbocycles. The predicted molar refractivity (Wildman–Crippen MR) is 86.8 cm³/mol. The lowest BCUT2D eigenvalue weighted by molar-refractivity contribution is 0.0611. The van der Waals surface area contributed by atoms with E-state index in [1.165, 1.54) is 11.3 Å². The van der Waals surface area contributed by atoms with Crippen LogP contribution in [0.15, 0.2) is 35.7 Å². The van der Waals surface area contributed by atoms with E-state index in [9.17, 15) is 9.90 Å². The molecule has 1 aliphatic heterocycles. The fourth-order valence-corrected chi connectivity index (χ4v) is 4.26. The highest BCUT2D eigenvalue weighted by atomic mass is 32.2. The molecule has 2 heterocycles. The molecule has 0 radical (unpaired) electrons. The number of rotatable bonds is 4. The standard InChI is InChI=1S/C15H16N2O2S2/c18-13(16-9-15(19)6-7-20-10-15)12-8-21-14(17-12)11-4-2-1-3-5-11/h1-5,8,19H,6-7,9-10H2,(H,16,18)/t15-/m1/s1. The SMILES string of the molecule is O=C(NC[C@]1(O)CCSC1)c1csc(-c2ccccc2)n1. The van der Waals surface area contributed by atoms with Crippen LogP contribution in [0.4, 0.5) is 0 Å². The maximum absolute atomic E-state index is 12.1. The maximum Gasteiger partial charge on any atom is 0.270 e. The van der Waals surface area contributed by atoms with Gasteiger partial charge in [-0.15, -0.1) is 11.3 Å². The Hall–Kier alpha value is -1.37. The normalized spacial score (nSPS) is 21.4. The number of nitrogens with one attached hydrogen (secondary N) is 1. The van der Waals surface area contributed by atoms with Gasteiger partial charge in [0.1, 0.15) is 10.7 Å². The molecule has 1 saturated heterocycles. The van der Waals surface area contributed by atoms with Crippen molar-refractivity contribution in [1.29, 1.82) is 0 Å². The van der Waals surface area contributed by atoms with Crippen LogP contribution in [0.25, 0.3) is 10.6 Å². The number of thioether (sulfide) groups is 1. The van der Waals surface area contributed by atoms with E-state index in [2.05, 4.69) is 10.3 Å². The molecule has 0 spiro atoms. The molecule has 1 aromatic heterocycles. The summed E-state index contributed by atoms with van der Waals surface area (Å²) in [6, 6.07) is 9.79. The predicted octanol–water partition coefficient (Wildman–Crippen LogP) is 2.41.